The van der Waals surface area contributed by atoms with Gasteiger partial charge in [0, 0.05) is 6.07 Å². The average molecular weight is 658 g/mol. The molecule has 3 aromatic rings. The van der Waals surface area contributed by atoms with Crippen molar-refractivity contribution in [3.05, 3.63) is 90.0 Å². The van der Waals surface area contributed by atoms with Gasteiger partial charge in [0.05, 0.1) is 31.4 Å². The molecule has 0 heterocycles. The Morgan fingerprint density at radius 2 is 1.92 bits per heavy atom. The van der Waals surface area contributed by atoms with E-state index in [9.17, 15) is 33.3 Å². The highest BCUT2D eigenvalue weighted by Gasteiger charge is 2.33. The summed E-state index contributed by atoms with van der Waals surface area (Å²) < 4.78 is 50.7. The molecule has 38 heavy (non-hydrogen) atoms. The molecular formula is C25H16ClF3IN3O5. The summed E-state index contributed by atoms with van der Waals surface area (Å²) in [6.45, 7) is 1.81. The monoisotopic (exact) mass is 657 g/mol. The van der Waals surface area contributed by atoms with Crippen LogP contribution in [0.5, 0.6) is 17.2 Å². The lowest BCUT2D eigenvalue weighted by Gasteiger charge is -2.15. The van der Waals surface area contributed by atoms with Gasteiger partial charge in [0.2, 0.25) is 5.75 Å². The maximum Gasteiger partial charge on any atom is 0.416 e. The number of rotatable bonds is 8. The number of hydrogen-bond acceptors (Lipinski definition) is 6. The Labute approximate surface area is 232 Å². The van der Waals surface area contributed by atoms with E-state index in [1.165, 1.54) is 18.2 Å². The van der Waals surface area contributed by atoms with Crippen LogP contribution in [0.2, 0.25) is 5.02 Å². The summed E-state index contributed by atoms with van der Waals surface area (Å²) >= 11 is 7.89. The van der Waals surface area contributed by atoms with Gasteiger partial charge in [0.1, 0.15) is 11.6 Å². The largest absolute Gasteiger partial charge is 0.490 e. The number of nitrogens with zero attached hydrogens (tertiary/aromatic N) is 2. The number of carbonyl (C=O) groups excluding carboxylic acids is 1. The molecule has 3 rings (SSSR count). The highest BCUT2D eigenvalue weighted by Crippen LogP contribution is 2.42. The molecule has 0 saturated heterocycles. The zero-order valence-electron chi connectivity index (χ0n) is 19.3. The van der Waals surface area contributed by atoms with Crippen LogP contribution in [0.4, 0.5) is 24.5 Å². The van der Waals surface area contributed by atoms with Gasteiger partial charge in [-0.2, -0.15) is 18.4 Å². The van der Waals surface area contributed by atoms with Crippen LogP contribution in [0.3, 0.4) is 0 Å². The number of halogens is 5. The molecule has 8 nitrogen and oxygen atoms in total. The number of benzene rings is 3. The Hall–Kier alpha value is -3.83. The highest BCUT2D eigenvalue weighted by molar-refractivity contribution is 14.1. The van der Waals surface area contributed by atoms with Gasteiger partial charge in [0.25, 0.3) is 5.91 Å². The van der Waals surface area contributed by atoms with Crippen LogP contribution in [-0.2, 0) is 11.0 Å². The van der Waals surface area contributed by atoms with Crippen LogP contribution in [0, 0.1) is 25.0 Å². The molecule has 0 aliphatic carbocycles. The van der Waals surface area contributed by atoms with Crippen molar-refractivity contribution in [2.75, 3.05) is 11.9 Å². The fourth-order valence-corrected chi connectivity index (χ4v) is 4.05. The van der Waals surface area contributed by atoms with E-state index in [2.05, 4.69) is 5.32 Å². The van der Waals surface area contributed by atoms with Gasteiger partial charge in [0.15, 0.2) is 11.5 Å². The van der Waals surface area contributed by atoms with Gasteiger partial charge in [-0.25, -0.2) is 0 Å². The summed E-state index contributed by atoms with van der Waals surface area (Å²) in [6, 6.07) is 13.1. The molecule has 0 spiro atoms. The third-order valence-corrected chi connectivity index (χ3v) is 5.96. The minimum absolute atomic E-state index is 0.00600. The number of nitrogens with one attached hydrogen (secondary N) is 1. The summed E-state index contributed by atoms with van der Waals surface area (Å²) in [5, 5.41) is 23.8. The summed E-state index contributed by atoms with van der Waals surface area (Å²) in [5.41, 5.74) is -1.67. The van der Waals surface area contributed by atoms with Crippen LogP contribution >= 0.6 is 34.2 Å². The molecule has 0 unspecified atom stereocenters. The lowest BCUT2D eigenvalue weighted by Crippen LogP contribution is -2.13. The lowest BCUT2D eigenvalue weighted by atomic mass is 10.1. The topological polar surface area (TPSA) is 114 Å². The number of ether oxygens (including phenoxy) is 2. The number of para-hydroxylation sites is 1. The SMILES string of the molecule is CCOc1cc(/C=C(\C#N)C(=O)Nc2ccccc2Cl)cc(I)c1Oc1ccc(C(F)(F)F)cc1[N+](=O)[O-]. The fourth-order valence-electron chi connectivity index (χ4n) is 3.13. The van der Waals surface area contributed by atoms with E-state index in [0.29, 0.717) is 27.0 Å². The standard InChI is InChI=1S/C25H16ClF3IN3O5/c1-2-37-22-11-14(9-15(13-31)24(34)32-19-6-4-3-5-17(19)26)10-18(30)23(22)38-21-8-7-16(25(27,28)29)12-20(21)33(35)36/h3-12H,2H2,1H3,(H,32,34)/b15-9+. The van der Waals surface area contributed by atoms with Crippen molar-refractivity contribution < 1.29 is 32.4 Å². The van der Waals surface area contributed by atoms with Crippen molar-refractivity contribution in [1.29, 1.82) is 5.26 Å². The molecule has 13 heteroatoms. The fraction of sp³-hybridized carbons (Fsp3) is 0.120. The van der Waals surface area contributed by atoms with Gasteiger partial charge in [-0.05, 0) is 77.6 Å². The average Bonchev–Trinajstić information content (AvgIpc) is 2.85. The number of carbonyl (C=O) groups is 1. The first-order chi connectivity index (χ1) is 17.9. The molecule has 0 bridgehead atoms. The highest BCUT2D eigenvalue weighted by atomic mass is 127. The summed E-state index contributed by atoms with van der Waals surface area (Å²) in [5.74, 6) is -1.05. The Kier molecular flexibility index (Phi) is 9.18. The Morgan fingerprint density at radius 1 is 1.21 bits per heavy atom. The zero-order chi connectivity index (χ0) is 28.0. The number of alkyl halides is 3. The Bertz CT molecular complexity index is 1470. The smallest absolute Gasteiger partial charge is 0.416 e. The minimum Gasteiger partial charge on any atom is -0.490 e. The van der Waals surface area contributed by atoms with Crippen molar-refractivity contribution in [2.45, 2.75) is 13.1 Å². The molecule has 0 aliphatic heterocycles. The molecule has 0 fully saturated rings. The minimum atomic E-state index is -4.78. The van der Waals surface area contributed by atoms with Gasteiger partial charge in [-0.3, -0.25) is 14.9 Å². The number of nitro benzene ring substituents is 1. The van der Waals surface area contributed by atoms with E-state index in [-0.39, 0.29) is 28.7 Å². The Morgan fingerprint density at radius 3 is 2.53 bits per heavy atom. The van der Waals surface area contributed by atoms with Gasteiger partial charge < -0.3 is 14.8 Å². The van der Waals surface area contributed by atoms with Gasteiger partial charge >= 0.3 is 11.9 Å². The lowest BCUT2D eigenvalue weighted by molar-refractivity contribution is -0.385. The maximum atomic E-state index is 13.0. The van der Waals surface area contributed by atoms with Crippen molar-refractivity contribution >= 4 is 57.5 Å². The van der Waals surface area contributed by atoms with Crippen LogP contribution in [0.15, 0.2) is 60.2 Å². The van der Waals surface area contributed by atoms with E-state index in [1.807, 2.05) is 28.7 Å². The number of hydrogen-bond donors (Lipinski definition) is 1. The molecule has 0 aliphatic rings. The second kappa shape index (κ2) is 12.1. The molecule has 0 aromatic heterocycles. The second-order valence-electron chi connectivity index (χ2n) is 7.41. The molecule has 3 aromatic carbocycles. The first kappa shape index (κ1) is 28.7. The molecule has 196 valence electrons. The first-order valence-corrected chi connectivity index (χ1v) is 12.1. The number of anilines is 1. The zero-order valence-corrected chi connectivity index (χ0v) is 22.2. The third kappa shape index (κ3) is 6.93. The predicted octanol–water partition coefficient (Wildman–Crippen LogP) is 7.61. The van der Waals surface area contributed by atoms with Gasteiger partial charge in [-0.1, -0.05) is 23.7 Å². The number of nitriles is 1. The van der Waals surface area contributed by atoms with Crippen molar-refractivity contribution in [1.82, 2.24) is 0 Å². The molecule has 0 radical (unpaired) electrons. The van der Waals surface area contributed by atoms with E-state index in [1.54, 1.807) is 31.2 Å². The first-order valence-electron chi connectivity index (χ1n) is 10.6. The summed E-state index contributed by atoms with van der Waals surface area (Å²) in [6.07, 6.45) is -3.49. The second-order valence-corrected chi connectivity index (χ2v) is 8.98. The summed E-state index contributed by atoms with van der Waals surface area (Å²) in [7, 11) is 0. The third-order valence-electron chi connectivity index (χ3n) is 4.82. The van der Waals surface area contributed by atoms with Gasteiger partial charge in [-0.15, -0.1) is 0 Å². The van der Waals surface area contributed by atoms with Crippen molar-refractivity contribution in [3.63, 3.8) is 0 Å². The maximum absolute atomic E-state index is 13.0. The normalized spacial score (nSPS) is 11.4. The quantitative estimate of drug-likeness (QED) is 0.0877. The molecular weight excluding hydrogens is 642 g/mol. The van der Waals surface area contributed by atoms with Crippen molar-refractivity contribution in [3.8, 4) is 23.3 Å². The summed E-state index contributed by atoms with van der Waals surface area (Å²) in [4.78, 5) is 23.1. The molecule has 1 N–H and O–H groups in total. The van der Waals surface area contributed by atoms with Crippen LogP contribution in [-0.4, -0.2) is 17.4 Å². The Balaban J connectivity index is 1.99. The molecule has 0 saturated carbocycles. The van der Waals surface area contributed by atoms with E-state index < -0.39 is 34.0 Å². The van der Waals surface area contributed by atoms with Crippen LogP contribution < -0.4 is 14.8 Å². The van der Waals surface area contributed by atoms with E-state index >= 15 is 0 Å². The number of nitro groups is 1. The predicted molar refractivity (Wildman–Crippen MR) is 142 cm³/mol. The molecule has 0 atom stereocenters. The number of amides is 1. The van der Waals surface area contributed by atoms with Crippen LogP contribution in [0.25, 0.3) is 6.08 Å². The van der Waals surface area contributed by atoms with Crippen LogP contribution in [0.1, 0.15) is 18.1 Å². The van der Waals surface area contributed by atoms with E-state index in [4.69, 9.17) is 21.1 Å². The van der Waals surface area contributed by atoms with E-state index in [0.717, 1.165) is 6.07 Å². The molecule has 1 amide bonds. The van der Waals surface area contributed by atoms with Crippen molar-refractivity contribution in [2.24, 2.45) is 0 Å².